The molecule has 0 radical (unpaired) electrons. The Labute approximate surface area is 181 Å². The zero-order valence-electron chi connectivity index (χ0n) is 17.3. The number of aromatic nitrogens is 3. The number of nitrogens with zero attached hydrogens (tertiary/aromatic N) is 4. The van der Waals surface area contributed by atoms with Crippen LogP contribution in [0, 0.1) is 0 Å². The Morgan fingerprint density at radius 2 is 1.68 bits per heavy atom. The summed E-state index contributed by atoms with van der Waals surface area (Å²) >= 11 is 0. The molecule has 31 heavy (non-hydrogen) atoms. The van der Waals surface area contributed by atoms with Gasteiger partial charge in [-0.3, -0.25) is 4.55 Å². The van der Waals surface area contributed by atoms with Gasteiger partial charge in [-0.1, -0.05) is 12.1 Å². The monoisotopic (exact) mass is 440 g/mol. The van der Waals surface area contributed by atoms with Gasteiger partial charge in [0.05, 0.1) is 6.20 Å². The second-order valence-corrected chi connectivity index (χ2v) is 7.51. The molecule has 0 bridgehead atoms. The van der Waals surface area contributed by atoms with E-state index in [0.29, 0.717) is 0 Å². The van der Waals surface area contributed by atoms with Gasteiger partial charge in [0, 0.05) is 25.0 Å². The molecule has 0 aliphatic heterocycles. The molecule has 4 aromatic rings. The number of imidazole rings is 1. The van der Waals surface area contributed by atoms with E-state index < -0.39 is 10.4 Å². The summed E-state index contributed by atoms with van der Waals surface area (Å²) in [7, 11) is -4.92. The highest BCUT2D eigenvalue weighted by Gasteiger charge is 2.22. The van der Waals surface area contributed by atoms with E-state index in [1.807, 2.05) is 24.4 Å². The molecule has 9 heteroatoms. The Morgan fingerprint density at radius 1 is 1.03 bits per heavy atom. The fraction of sp³-hybridized carbons (Fsp3) is 0.182. The standard InChI is InChI=1S/C22H23N4.H2O4S/c1-3-24(4-2)18-11-13-19(14-12-18)26-17-20-9-6-8-16-25(20)22(26)21-10-5-7-15-23-21;1-5(2,3)4/h5-17H,3-4H2,1-2H3;(H2,1,2,3,4)/q+1;/p-1. The van der Waals surface area contributed by atoms with Crippen molar-refractivity contribution in [3.05, 3.63) is 79.3 Å². The number of rotatable bonds is 5. The summed E-state index contributed by atoms with van der Waals surface area (Å²) < 4.78 is 37.2. The minimum absolute atomic E-state index is 0.950. The minimum Gasteiger partial charge on any atom is -0.726 e. The molecule has 0 fully saturated rings. The molecular formula is C22H24N4O4S. The van der Waals surface area contributed by atoms with Gasteiger partial charge in [-0.25, -0.2) is 13.4 Å². The first-order valence-corrected chi connectivity index (χ1v) is 11.1. The van der Waals surface area contributed by atoms with E-state index in [2.05, 4.69) is 87.6 Å². The molecule has 1 aromatic carbocycles. The van der Waals surface area contributed by atoms with Crippen LogP contribution in [0.5, 0.6) is 0 Å². The summed E-state index contributed by atoms with van der Waals surface area (Å²) in [4.78, 5) is 6.93. The Kier molecular flexibility index (Phi) is 7.01. The average Bonchev–Trinajstić information content (AvgIpc) is 3.14. The predicted molar refractivity (Wildman–Crippen MR) is 118 cm³/mol. The lowest BCUT2D eigenvalue weighted by Crippen LogP contribution is -2.31. The smallest absolute Gasteiger partial charge is 0.318 e. The molecule has 0 unspecified atom stereocenters. The highest BCUT2D eigenvalue weighted by molar-refractivity contribution is 7.79. The van der Waals surface area contributed by atoms with Crippen LogP contribution < -0.4 is 9.47 Å². The van der Waals surface area contributed by atoms with Crippen LogP contribution in [-0.4, -0.2) is 40.0 Å². The molecule has 162 valence electrons. The van der Waals surface area contributed by atoms with Crippen molar-refractivity contribution in [1.29, 1.82) is 0 Å². The lowest BCUT2D eigenvalue weighted by atomic mass is 10.2. The number of hydrogen-bond donors (Lipinski definition) is 1. The van der Waals surface area contributed by atoms with Crippen LogP contribution in [0.3, 0.4) is 0 Å². The highest BCUT2D eigenvalue weighted by atomic mass is 32.3. The van der Waals surface area contributed by atoms with Gasteiger partial charge in [-0.15, -0.1) is 0 Å². The molecule has 8 nitrogen and oxygen atoms in total. The third-order valence-electron chi connectivity index (χ3n) is 4.76. The lowest BCUT2D eigenvalue weighted by Gasteiger charge is -2.20. The maximum absolute atomic E-state index is 8.63. The third kappa shape index (κ3) is 5.66. The molecule has 0 aliphatic carbocycles. The van der Waals surface area contributed by atoms with Gasteiger partial charge in [0.1, 0.15) is 11.9 Å². The van der Waals surface area contributed by atoms with E-state index in [9.17, 15) is 0 Å². The quantitative estimate of drug-likeness (QED) is 0.291. The second-order valence-electron chi connectivity index (χ2n) is 6.65. The zero-order valence-corrected chi connectivity index (χ0v) is 18.1. The van der Waals surface area contributed by atoms with E-state index in [-0.39, 0.29) is 0 Å². The van der Waals surface area contributed by atoms with Crippen molar-refractivity contribution in [2.24, 2.45) is 0 Å². The number of benzene rings is 1. The first-order valence-electron chi connectivity index (χ1n) is 9.78. The van der Waals surface area contributed by atoms with Gasteiger partial charge in [0.25, 0.3) is 0 Å². The van der Waals surface area contributed by atoms with Gasteiger partial charge in [0.15, 0.2) is 11.2 Å². The summed E-state index contributed by atoms with van der Waals surface area (Å²) in [5, 5.41) is 0. The lowest BCUT2D eigenvalue weighted by molar-refractivity contribution is -0.582. The fourth-order valence-corrected chi connectivity index (χ4v) is 3.42. The third-order valence-corrected chi connectivity index (χ3v) is 4.76. The van der Waals surface area contributed by atoms with Gasteiger partial charge in [-0.05, 0) is 62.4 Å². The number of fused-ring (bicyclic) bond motifs is 1. The fourth-order valence-electron chi connectivity index (χ4n) is 3.42. The van der Waals surface area contributed by atoms with E-state index in [4.69, 9.17) is 17.5 Å². The second kappa shape index (κ2) is 9.69. The van der Waals surface area contributed by atoms with Crippen LogP contribution in [0.4, 0.5) is 5.69 Å². The predicted octanol–water partition coefficient (Wildman–Crippen LogP) is 3.13. The molecule has 3 aromatic heterocycles. The summed E-state index contributed by atoms with van der Waals surface area (Å²) in [6.07, 6.45) is 6.09. The highest BCUT2D eigenvalue weighted by Crippen LogP contribution is 2.20. The molecule has 0 spiro atoms. The van der Waals surface area contributed by atoms with Crippen molar-refractivity contribution in [1.82, 2.24) is 9.38 Å². The van der Waals surface area contributed by atoms with Crippen LogP contribution >= 0.6 is 0 Å². The van der Waals surface area contributed by atoms with Gasteiger partial charge >= 0.3 is 5.82 Å². The summed E-state index contributed by atoms with van der Waals surface area (Å²) in [5.74, 6) is 1.05. The topological polar surface area (TPSA) is 102 Å². The van der Waals surface area contributed by atoms with Gasteiger partial charge in [-0.2, -0.15) is 8.97 Å². The summed E-state index contributed by atoms with van der Waals surface area (Å²) in [6.45, 7) is 6.40. The molecule has 4 rings (SSSR count). The van der Waals surface area contributed by atoms with Crippen molar-refractivity contribution in [2.75, 3.05) is 18.0 Å². The Bertz CT molecular complexity index is 1230. The molecule has 0 saturated heterocycles. The van der Waals surface area contributed by atoms with Crippen LogP contribution in [-0.2, 0) is 10.4 Å². The largest absolute Gasteiger partial charge is 0.726 e. The minimum atomic E-state index is -4.92. The molecule has 0 amide bonds. The van der Waals surface area contributed by atoms with Crippen LogP contribution in [0.1, 0.15) is 13.8 Å². The van der Waals surface area contributed by atoms with Gasteiger partial charge < -0.3 is 9.45 Å². The van der Waals surface area contributed by atoms with Crippen molar-refractivity contribution in [3.8, 4) is 17.2 Å². The first-order chi connectivity index (χ1) is 14.8. The van der Waals surface area contributed by atoms with Crippen LogP contribution in [0.15, 0.2) is 79.3 Å². The molecule has 3 heterocycles. The molecule has 0 saturated carbocycles. The number of hydrogen-bond acceptors (Lipinski definition) is 5. The van der Waals surface area contributed by atoms with Crippen molar-refractivity contribution >= 4 is 21.6 Å². The Morgan fingerprint density at radius 3 is 2.26 bits per heavy atom. The zero-order chi connectivity index (χ0) is 22.4. The van der Waals surface area contributed by atoms with Crippen molar-refractivity contribution in [2.45, 2.75) is 13.8 Å². The maximum Gasteiger partial charge on any atom is 0.318 e. The Balaban J connectivity index is 0.000000491. The summed E-state index contributed by atoms with van der Waals surface area (Å²) in [5.41, 5.74) is 4.47. The SMILES string of the molecule is CCN(CC)c1ccc(-[n+]2cc3ccccn3c2-c2ccccn2)cc1.O=S(=O)([O-])O. The summed E-state index contributed by atoms with van der Waals surface area (Å²) in [6, 6.07) is 21.0. The first kappa shape index (κ1) is 22.4. The molecule has 0 aliphatic rings. The molecular weight excluding hydrogens is 416 g/mol. The number of pyridine rings is 2. The normalized spacial score (nSPS) is 11.1. The molecule has 1 N–H and O–H groups in total. The van der Waals surface area contributed by atoms with E-state index >= 15 is 0 Å². The average molecular weight is 441 g/mol. The van der Waals surface area contributed by atoms with Crippen LogP contribution in [0.25, 0.3) is 22.7 Å². The van der Waals surface area contributed by atoms with E-state index in [0.717, 1.165) is 35.8 Å². The van der Waals surface area contributed by atoms with E-state index in [1.54, 1.807) is 0 Å². The number of anilines is 1. The van der Waals surface area contributed by atoms with Crippen LogP contribution in [0.2, 0.25) is 0 Å². The van der Waals surface area contributed by atoms with Gasteiger partial charge in [0.2, 0.25) is 10.4 Å². The Hall–Kier alpha value is -3.27. The molecule has 0 atom stereocenters. The maximum atomic E-state index is 8.63. The van der Waals surface area contributed by atoms with Crippen molar-refractivity contribution in [3.63, 3.8) is 0 Å². The van der Waals surface area contributed by atoms with Crippen molar-refractivity contribution < 1.29 is 22.1 Å². The van der Waals surface area contributed by atoms with E-state index in [1.165, 1.54) is 5.69 Å².